The molecule has 2 aliphatic heterocycles. The topological polar surface area (TPSA) is 80.4 Å². The predicted molar refractivity (Wildman–Crippen MR) is 94.7 cm³/mol. The molecule has 1 saturated heterocycles. The lowest BCUT2D eigenvalue weighted by atomic mass is 10.1. The van der Waals surface area contributed by atoms with Crippen LogP contribution < -0.4 is 5.43 Å². The Balaban J connectivity index is 1.89. The van der Waals surface area contributed by atoms with E-state index in [1.54, 1.807) is 23.9 Å². The van der Waals surface area contributed by atoms with Crippen LogP contribution in [0.25, 0.3) is 0 Å². The van der Waals surface area contributed by atoms with Gasteiger partial charge in [-0.15, -0.1) is 5.10 Å². The summed E-state index contributed by atoms with van der Waals surface area (Å²) >= 11 is 0. The number of likely N-dealkylation sites (N-methyl/N-ethyl adjacent to an activating group) is 2. The zero-order valence-electron chi connectivity index (χ0n) is 14.1. The average molecular weight is 339 g/mol. The second kappa shape index (κ2) is 6.68. The molecule has 2 aliphatic rings. The van der Waals surface area contributed by atoms with E-state index in [2.05, 4.69) is 22.1 Å². The van der Waals surface area contributed by atoms with E-state index in [-0.39, 0.29) is 5.91 Å². The van der Waals surface area contributed by atoms with Gasteiger partial charge in [0.15, 0.2) is 0 Å². The summed E-state index contributed by atoms with van der Waals surface area (Å²) in [5.74, 6) is 0.454. The summed E-state index contributed by atoms with van der Waals surface area (Å²) in [5.41, 5.74) is 3.79. The van der Waals surface area contributed by atoms with Gasteiger partial charge in [-0.05, 0) is 5.56 Å². The Morgan fingerprint density at radius 3 is 2.68 bits per heavy atom. The molecule has 8 nitrogen and oxygen atoms in total. The molecule has 25 heavy (non-hydrogen) atoms. The lowest BCUT2D eigenvalue weighted by Crippen LogP contribution is -2.61. The number of benzene rings is 1. The summed E-state index contributed by atoms with van der Waals surface area (Å²) in [6, 6.07) is 8.52. The number of fused-ring (bicyclic) bond motifs is 1. The monoisotopic (exact) mass is 339 g/mol. The number of guanidine groups is 1. The summed E-state index contributed by atoms with van der Waals surface area (Å²) in [6.45, 7) is 4.12. The van der Waals surface area contributed by atoms with Crippen molar-refractivity contribution >= 4 is 29.9 Å². The molecule has 8 heteroatoms. The summed E-state index contributed by atoms with van der Waals surface area (Å²) in [4.78, 5) is 31.5. The van der Waals surface area contributed by atoms with Crippen molar-refractivity contribution < 1.29 is 14.2 Å². The highest BCUT2D eigenvalue weighted by Crippen LogP contribution is 2.18. The molecule has 3 amide bonds. The highest BCUT2D eigenvalue weighted by atomic mass is 16.2. The van der Waals surface area contributed by atoms with E-state index in [0.29, 0.717) is 18.3 Å². The van der Waals surface area contributed by atoms with Crippen LogP contribution in [0.2, 0.25) is 0 Å². The highest BCUT2D eigenvalue weighted by molar-refractivity contribution is 6.22. The van der Waals surface area contributed by atoms with Gasteiger partial charge >= 0.3 is 12.0 Å². The van der Waals surface area contributed by atoms with Gasteiger partial charge in [-0.25, -0.2) is 9.37 Å². The second-order valence-corrected chi connectivity index (χ2v) is 5.66. The first-order chi connectivity index (χ1) is 12.0. The number of urea groups is 1. The van der Waals surface area contributed by atoms with Crippen molar-refractivity contribution in [3.05, 3.63) is 48.6 Å². The molecule has 3 rings (SSSR count). The summed E-state index contributed by atoms with van der Waals surface area (Å²) in [6.07, 6.45) is 3.33. The SMILES string of the molecule is C=CC[N+]1=C(N/N=C/c2ccccc2)N=C2C1C(=O)N(C)C(=O)N2C. The number of nitrogens with one attached hydrogen (secondary N) is 1. The normalized spacial score (nSPS) is 20.2. The van der Waals surface area contributed by atoms with Crippen LogP contribution in [-0.4, -0.2) is 71.0 Å². The average Bonchev–Trinajstić information content (AvgIpc) is 2.98. The minimum absolute atomic E-state index is 0.326. The third-order valence-corrected chi connectivity index (χ3v) is 4.03. The van der Waals surface area contributed by atoms with Crippen LogP contribution in [0.15, 0.2) is 53.1 Å². The maximum Gasteiger partial charge on any atom is 0.414 e. The van der Waals surface area contributed by atoms with E-state index >= 15 is 0 Å². The number of carbonyl (C=O) groups is 2. The van der Waals surface area contributed by atoms with Crippen LogP contribution in [0, 0.1) is 0 Å². The molecule has 0 spiro atoms. The van der Waals surface area contributed by atoms with Crippen LogP contribution in [0.5, 0.6) is 0 Å². The first-order valence-corrected chi connectivity index (χ1v) is 7.77. The number of amides is 3. The van der Waals surface area contributed by atoms with Crippen molar-refractivity contribution in [3.63, 3.8) is 0 Å². The van der Waals surface area contributed by atoms with Gasteiger partial charge in [0, 0.05) is 14.1 Å². The number of aliphatic imine (C=N–C) groups is 1. The Bertz CT molecular complexity index is 812. The highest BCUT2D eigenvalue weighted by Gasteiger charge is 2.51. The van der Waals surface area contributed by atoms with Gasteiger partial charge in [0.05, 0.1) is 12.8 Å². The first-order valence-electron chi connectivity index (χ1n) is 7.77. The maximum atomic E-state index is 12.5. The molecule has 1 N–H and O–H groups in total. The molecule has 1 fully saturated rings. The van der Waals surface area contributed by atoms with E-state index in [1.807, 2.05) is 30.3 Å². The fraction of sp³-hybridized carbons (Fsp3) is 0.235. The van der Waals surface area contributed by atoms with E-state index < -0.39 is 12.1 Å². The number of nitrogens with zero attached hydrogens (tertiary/aromatic N) is 5. The Kier molecular flexibility index (Phi) is 4.42. The van der Waals surface area contributed by atoms with Crippen molar-refractivity contribution in [3.8, 4) is 0 Å². The predicted octanol–water partition coefficient (Wildman–Crippen LogP) is 0.469. The quantitative estimate of drug-likeness (QED) is 0.375. The van der Waals surface area contributed by atoms with E-state index in [0.717, 1.165) is 10.5 Å². The molecule has 1 aromatic carbocycles. The standard InChI is InChI=1S/C17H18N6O2/c1-4-10-23-13-14(21(2)17(25)22(3)15(13)24)19-16(23)20-18-11-12-8-6-5-7-9-12/h4-9,11,13H,1,10H2,2-3H3/p+1/b18-11+. The Morgan fingerprint density at radius 1 is 1.28 bits per heavy atom. The second-order valence-electron chi connectivity index (χ2n) is 5.66. The van der Waals surface area contributed by atoms with Crippen LogP contribution in [0.3, 0.4) is 0 Å². The third-order valence-electron chi connectivity index (χ3n) is 4.03. The summed E-state index contributed by atoms with van der Waals surface area (Å²) < 4.78 is 1.73. The van der Waals surface area contributed by atoms with Crippen LogP contribution in [0.1, 0.15) is 5.56 Å². The molecule has 0 saturated carbocycles. The number of carbonyl (C=O) groups excluding carboxylic acids is 2. The largest absolute Gasteiger partial charge is 0.414 e. The number of hydrogen-bond acceptors (Lipinski definition) is 5. The Labute approximate surface area is 145 Å². The Hall–Kier alpha value is -3.29. The fourth-order valence-corrected chi connectivity index (χ4v) is 2.72. The van der Waals surface area contributed by atoms with Crippen molar-refractivity contribution in [2.75, 3.05) is 20.6 Å². The minimum atomic E-state index is -0.667. The third kappa shape index (κ3) is 2.93. The number of amidine groups is 1. The molecule has 0 bridgehead atoms. The molecule has 0 aromatic heterocycles. The minimum Gasteiger partial charge on any atom is -0.270 e. The fourth-order valence-electron chi connectivity index (χ4n) is 2.72. The van der Waals surface area contributed by atoms with Gasteiger partial charge in [-0.3, -0.25) is 14.6 Å². The zero-order chi connectivity index (χ0) is 18.0. The van der Waals surface area contributed by atoms with Crippen molar-refractivity contribution in [1.82, 2.24) is 15.2 Å². The molecular weight excluding hydrogens is 320 g/mol. The van der Waals surface area contributed by atoms with E-state index in [9.17, 15) is 9.59 Å². The van der Waals surface area contributed by atoms with Crippen LogP contribution >= 0.6 is 0 Å². The Morgan fingerprint density at radius 2 is 2.00 bits per heavy atom. The van der Waals surface area contributed by atoms with Gasteiger partial charge < -0.3 is 0 Å². The van der Waals surface area contributed by atoms with Crippen LogP contribution in [0.4, 0.5) is 4.79 Å². The molecular formula is C17H19N6O2+. The van der Waals surface area contributed by atoms with Crippen molar-refractivity contribution in [1.29, 1.82) is 0 Å². The van der Waals surface area contributed by atoms with Gasteiger partial charge in [0.2, 0.25) is 11.9 Å². The molecule has 128 valence electrons. The number of imide groups is 1. The molecule has 0 aliphatic carbocycles. The smallest absolute Gasteiger partial charge is 0.270 e. The first kappa shape index (κ1) is 16.6. The number of hydrazone groups is 1. The zero-order valence-corrected chi connectivity index (χ0v) is 14.1. The number of hydrogen-bond donors (Lipinski definition) is 1. The molecule has 2 heterocycles. The van der Waals surface area contributed by atoms with E-state index in [1.165, 1.54) is 11.9 Å². The van der Waals surface area contributed by atoms with Gasteiger partial charge in [-0.1, -0.05) is 48.0 Å². The van der Waals surface area contributed by atoms with Crippen LogP contribution in [-0.2, 0) is 4.79 Å². The van der Waals surface area contributed by atoms with Gasteiger partial charge in [0.25, 0.3) is 5.91 Å². The molecule has 1 aromatic rings. The van der Waals surface area contributed by atoms with Gasteiger partial charge in [0.1, 0.15) is 0 Å². The van der Waals surface area contributed by atoms with Crippen molar-refractivity contribution in [2.45, 2.75) is 6.04 Å². The number of rotatable bonds is 4. The molecule has 1 atom stereocenters. The van der Waals surface area contributed by atoms with Crippen molar-refractivity contribution in [2.24, 2.45) is 10.1 Å². The summed E-state index contributed by atoms with van der Waals surface area (Å²) in [5, 5.41) is 4.18. The van der Waals surface area contributed by atoms with E-state index in [4.69, 9.17) is 0 Å². The molecule has 0 radical (unpaired) electrons. The summed E-state index contributed by atoms with van der Waals surface area (Å²) in [7, 11) is 3.06. The lowest BCUT2D eigenvalue weighted by molar-refractivity contribution is -0.527. The molecule has 1 unspecified atom stereocenters. The van der Waals surface area contributed by atoms with Gasteiger partial charge in [-0.2, -0.15) is 5.43 Å². The lowest BCUT2D eigenvalue weighted by Gasteiger charge is -2.31. The maximum absolute atomic E-state index is 12.5.